The van der Waals surface area contributed by atoms with Gasteiger partial charge in [0.2, 0.25) is 0 Å². The number of hydrogen-bond donors (Lipinski definition) is 2. The van der Waals surface area contributed by atoms with E-state index in [9.17, 15) is 13.6 Å². The molecule has 3 N–H and O–H groups in total. The van der Waals surface area contributed by atoms with Gasteiger partial charge in [-0.1, -0.05) is 0 Å². The summed E-state index contributed by atoms with van der Waals surface area (Å²) in [6.07, 6.45) is 0.804. The number of carbonyl (C=O) groups is 1. The van der Waals surface area contributed by atoms with Gasteiger partial charge in [0, 0.05) is 0 Å². The number of hydrazone groups is 1. The van der Waals surface area contributed by atoms with Gasteiger partial charge in [-0.15, -0.1) is 0 Å². The van der Waals surface area contributed by atoms with Gasteiger partial charge in [0.1, 0.15) is 5.82 Å². The van der Waals surface area contributed by atoms with Crippen molar-refractivity contribution < 1.29 is 18.3 Å². The quantitative estimate of drug-likeness (QED) is 0.598. The molecule has 2 amide bonds. The van der Waals surface area contributed by atoms with Crippen LogP contribution < -0.4 is 15.9 Å². The lowest BCUT2D eigenvalue weighted by Gasteiger charge is -2.04. The largest absolute Gasteiger partial charge is 0.494 e. The second-order valence-corrected chi connectivity index (χ2v) is 2.71. The zero-order valence-corrected chi connectivity index (χ0v) is 8.33. The van der Waals surface area contributed by atoms with E-state index in [1.807, 2.05) is 5.43 Å². The molecule has 7 heteroatoms. The van der Waals surface area contributed by atoms with Gasteiger partial charge in [-0.05, 0) is 12.1 Å². The summed E-state index contributed by atoms with van der Waals surface area (Å²) in [5, 5.41) is 3.25. The molecule has 0 aromatic heterocycles. The third-order valence-corrected chi connectivity index (χ3v) is 1.68. The summed E-state index contributed by atoms with van der Waals surface area (Å²) in [6.45, 7) is 0. The number of benzene rings is 1. The molecule has 86 valence electrons. The Morgan fingerprint density at radius 1 is 1.56 bits per heavy atom. The fourth-order valence-corrected chi connectivity index (χ4v) is 0.986. The van der Waals surface area contributed by atoms with Crippen molar-refractivity contribution in [1.29, 1.82) is 0 Å². The first-order valence-electron chi connectivity index (χ1n) is 4.16. The molecule has 1 aromatic rings. The molecule has 16 heavy (non-hydrogen) atoms. The van der Waals surface area contributed by atoms with E-state index in [4.69, 9.17) is 5.73 Å². The minimum Gasteiger partial charge on any atom is -0.494 e. The maximum absolute atomic E-state index is 13.5. The van der Waals surface area contributed by atoms with Crippen LogP contribution in [0.4, 0.5) is 13.6 Å². The standard InChI is InChI=1S/C9H9F2N3O2/c1-16-7-3-2-6(10)5(8(7)11)4-13-14-9(12)15/h2-4H,1H3,(H3,12,14,15). The van der Waals surface area contributed by atoms with E-state index in [1.54, 1.807) is 0 Å². The predicted octanol–water partition coefficient (Wildman–Crippen LogP) is 0.976. The Labute approximate surface area is 89.9 Å². The number of methoxy groups -OCH3 is 1. The van der Waals surface area contributed by atoms with Crippen LogP contribution in [0.1, 0.15) is 5.56 Å². The van der Waals surface area contributed by atoms with Crippen molar-refractivity contribution in [3.8, 4) is 5.75 Å². The molecule has 1 rings (SSSR count). The minimum atomic E-state index is -0.931. The highest BCUT2D eigenvalue weighted by Crippen LogP contribution is 2.21. The molecular formula is C9H9F2N3O2. The van der Waals surface area contributed by atoms with E-state index in [0.717, 1.165) is 18.3 Å². The molecule has 0 saturated heterocycles. The van der Waals surface area contributed by atoms with E-state index < -0.39 is 23.2 Å². The number of nitrogens with one attached hydrogen (secondary N) is 1. The predicted molar refractivity (Wildman–Crippen MR) is 53.2 cm³/mol. The molecule has 0 saturated carbocycles. The highest BCUT2D eigenvalue weighted by atomic mass is 19.1. The Balaban J connectivity index is 3.02. The highest BCUT2D eigenvalue weighted by Gasteiger charge is 2.12. The summed E-state index contributed by atoms with van der Waals surface area (Å²) in [4.78, 5) is 10.3. The monoisotopic (exact) mass is 229 g/mol. The number of primary amides is 1. The van der Waals surface area contributed by atoms with Gasteiger partial charge in [-0.2, -0.15) is 5.10 Å². The molecule has 1 aromatic carbocycles. The van der Waals surface area contributed by atoms with Gasteiger partial charge in [0.15, 0.2) is 11.6 Å². The molecule has 0 bridgehead atoms. The number of hydrogen-bond acceptors (Lipinski definition) is 3. The van der Waals surface area contributed by atoms with Crippen LogP contribution in [0.5, 0.6) is 5.75 Å². The normalized spacial score (nSPS) is 10.4. The molecule has 0 aliphatic rings. The number of halogens is 2. The van der Waals surface area contributed by atoms with E-state index in [2.05, 4.69) is 9.84 Å². The average Bonchev–Trinajstić information content (AvgIpc) is 2.23. The van der Waals surface area contributed by atoms with Crippen LogP contribution in [0.25, 0.3) is 0 Å². The molecule has 0 fully saturated rings. The second-order valence-electron chi connectivity index (χ2n) is 2.71. The van der Waals surface area contributed by atoms with Gasteiger partial charge in [-0.3, -0.25) is 0 Å². The molecule has 0 spiro atoms. The lowest BCUT2D eigenvalue weighted by molar-refractivity contribution is 0.249. The van der Waals surface area contributed by atoms with Crippen molar-refractivity contribution >= 4 is 12.2 Å². The van der Waals surface area contributed by atoms with Gasteiger partial charge in [-0.25, -0.2) is 19.0 Å². The van der Waals surface area contributed by atoms with Crippen LogP contribution in [0, 0.1) is 11.6 Å². The van der Waals surface area contributed by atoms with Gasteiger partial charge in [0.05, 0.1) is 18.9 Å². The fraction of sp³-hybridized carbons (Fsp3) is 0.111. The zero-order valence-electron chi connectivity index (χ0n) is 8.33. The van der Waals surface area contributed by atoms with Crippen LogP contribution >= 0.6 is 0 Å². The molecule has 5 nitrogen and oxygen atoms in total. The number of nitrogens with zero attached hydrogens (tertiary/aromatic N) is 1. The van der Waals surface area contributed by atoms with E-state index in [-0.39, 0.29) is 5.75 Å². The highest BCUT2D eigenvalue weighted by molar-refractivity contribution is 5.82. The first kappa shape index (κ1) is 11.9. The van der Waals surface area contributed by atoms with Crippen molar-refractivity contribution in [3.05, 3.63) is 29.3 Å². The van der Waals surface area contributed by atoms with E-state index >= 15 is 0 Å². The summed E-state index contributed by atoms with van der Waals surface area (Å²) in [6, 6.07) is 1.23. The zero-order chi connectivity index (χ0) is 12.1. The van der Waals surface area contributed by atoms with Gasteiger partial charge in [0.25, 0.3) is 0 Å². The Bertz CT molecular complexity index is 435. The number of nitrogens with two attached hydrogens (primary N) is 1. The van der Waals surface area contributed by atoms with Crippen molar-refractivity contribution in [3.63, 3.8) is 0 Å². The van der Waals surface area contributed by atoms with Crippen molar-refractivity contribution in [2.45, 2.75) is 0 Å². The van der Waals surface area contributed by atoms with Crippen LogP contribution in [0.3, 0.4) is 0 Å². The van der Waals surface area contributed by atoms with Crippen LogP contribution in [-0.2, 0) is 0 Å². The Kier molecular flexibility index (Phi) is 3.76. The van der Waals surface area contributed by atoms with E-state index in [1.165, 1.54) is 7.11 Å². The van der Waals surface area contributed by atoms with Crippen molar-refractivity contribution in [2.24, 2.45) is 10.8 Å². The molecular weight excluding hydrogens is 220 g/mol. The number of rotatable bonds is 3. The SMILES string of the molecule is COc1ccc(F)c(C=NNC(N)=O)c1F. The van der Waals surface area contributed by atoms with Crippen LogP contribution in [0.2, 0.25) is 0 Å². The Hall–Kier alpha value is -2.18. The lowest BCUT2D eigenvalue weighted by Crippen LogP contribution is -2.24. The molecule has 0 heterocycles. The van der Waals surface area contributed by atoms with Crippen LogP contribution in [-0.4, -0.2) is 19.4 Å². The first-order valence-corrected chi connectivity index (χ1v) is 4.16. The topological polar surface area (TPSA) is 76.7 Å². The van der Waals surface area contributed by atoms with Gasteiger partial charge >= 0.3 is 6.03 Å². The second kappa shape index (κ2) is 5.06. The number of carbonyl (C=O) groups excluding carboxylic acids is 1. The number of ether oxygens (including phenoxy) is 1. The first-order chi connectivity index (χ1) is 7.56. The van der Waals surface area contributed by atoms with Crippen molar-refractivity contribution in [2.75, 3.05) is 7.11 Å². The lowest BCUT2D eigenvalue weighted by atomic mass is 10.2. The van der Waals surface area contributed by atoms with Crippen LogP contribution in [0.15, 0.2) is 17.2 Å². The summed E-state index contributed by atoms with van der Waals surface area (Å²) >= 11 is 0. The Morgan fingerprint density at radius 3 is 2.81 bits per heavy atom. The van der Waals surface area contributed by atoms with E-state index in [0.29, 0.717) is 0 Å². The smallest absolute Gasteiger partial charge is 0.332 e. The maximum Gasteiger partial charge on any atom is 0.332 e. The van der Waals surface area contributed by atoms with Gasteiger partial charge < -0.3 is 10.5 Å². The molecule has 0 aliphatic carbocycles. The third kappa shape index (κ3) is 2.66. The summed E-state index contributed by atoms with van der Waals surface area (Å²) < 4.78 is 31.3. The Morgan fingerprint density at radius 2 is 2.25 bits per heavy atom. The number of urea groups is 1. The molecule has 0 radical (unpaired) electrons. The third-order valence-electron chi connectivity index (χ3n) is 1.68. The maximum atomic E-state index is 13.5. The fourth-order valence-electron chi connectivity index (χ4n) is 0.986. The number of amides is 2. The summed E-state index contributed by atoms with van der Waals surface area (Å²) in [5.41, 5.74) is 6.11. The molecule has 0 atom stereocenters. The average molecular weight is 229 g/mol. The summed E-state index contributed by atoms with van der Waals surface area (Å²) in [5.74, 6) is -1.85. The minimum absolute atomic E-state index is 0.123. The van der Waals surface area contributed by atoms with Crippen molar-refractivity contribution in [1.82, 2.24) is 5.43 Å². The molecule has 0 aliphatic heterocycles. The molecule has 0 unspecified atom stereocenters. The summed E-state index contributed by atoms with van der Waals surface area (Å²) in [7, 11) is 1.25.